The van der Waals surface area contributed by atoms with E-state index in [0.29, 0.717) is 11.1 Å². The molecule has 1 fully saturated rings. The monoisotopic (exact) mass is 529 g/mol. The Morgan fingerprint density at radius 1 is 1.21 bits per heavy atom. The van der Waals surface area contributed by atoms with Crippen LogP contribution in [0.5, 0.6) is 0 Å². The summed E-state index contributed by atoms with van der Waals surface area (Å²) in [6.07, 6.45) is 5.89. The molecule has 5 heterocycles. The molecule has 4 aromatic rings. The van der Waals surface area contributed by atoms with Crippen LogP contribution in [-0.2, 0) is 13.5 Å². The lowest BCUT2D eigenvalue weighted by Crippen LogP contribution is -2.36. The van der Waals surface area contributed by atoms with Gasteiger partial charge in [-0.15, -0.1) is 0 Å². The van der Waals surface area contributed by atoms with Gasteiger partial charge in [0, 0.05) is 54.4 Å². The molecular weight excluding hydrogens is 497 g/mol. The molecule has 0 spiro atoms. The third-order valence-corrected chi connectivity index (χ3v) is 8.58. The van der Waals surface area contributed by atoms with Crippen LogP contribution in [0.2, 0.25) is 0 Å². The summed E-state index contributed by atoms with van der Waals surface area (Å²) in [6.45, 7) is 6.34. The number of aromatic nitrogens is 3. The van der Waals surface area contributed by atoms with Crippen LogP contribution in [0.15, 0.2) is 47.5 Å². The molecule has 0 bridgehead atoms. The van der Waals surface area contributed by atoms with Crippen molar-refractivity contribution in [3.8, 4) is 5.69 Å². The van der Waals surface area contributed by atoms with Gasteiger partial charge in [0.25, 0.3) is 5.56 Å². The number of carboxylic acid groups (broad SMARTS) is 1. The summed E-state index contributed by atoms with van der Waals surface area (Å²) >= 11 is 0. The van der Waals surface area contributed by atoms with Crippen molar-refractivity contribution < 1.29 is 14.3 Å². The topological polar surface area (TPSA) is 92.4 Å². The van der Waals surface area contributed by atoms with E-state index in [1.807, 2.05) is 25.4 Å². The Hall–Kier alpha value is -3.98. The van der Waals surface area contributed by atoms with Crippen molar-refractivity contribution in [3.63, 3.8) is 0 Å². The van der Waals surface area contributed by atoms with Crippen molar-refractivity contribution in [3.05, 3.63) is 86.8 Å². The minimum absolute atomic E-state index is 0.00411. The number of hydrogen-bond acceptors (Lipinski definition) is 5. The highest BCUT2D eigenvalue weighted by atomic mass is 19.1. The van der Waals surface area contributed by atoms with Gasteiger partial charge in [-0.25, -0.2) is 14.2 Å². The van der Waals surface area contributed by atoms with Crippen molar-refractivity contribution in [2.45, 2.75) is 45.1 Å². The summed E-state index contributed by atoms with van der Waals surface area (Å²) in [6, 6.07) is 8.80. The lowest BCUT2D eigenvalue weighted by atomic mass is 9.85. The minimum atomic E-state index is -1.11. The summed E-state index contributed by atoms with van der Waals surface area (Å²) < 4.78 is 18.7. The number of anilines is 1. The van der Waals surface area contributed by atoms with Gasteiger partial charge in [0.15, 0.2) is 0 Å². The molecule has 39 heavy (non-hydrogen) atoms. The zero-order valence-electron chi connectivity index (χ0n) is 22.4. The quantitative estimate of drug-likeness (QED) is 0.387. The Morgan fingerprint density at radius 2 is 1.97 bits per heavy atom. The second-order valence-electron chi connectivity index (χ2n) is 10.7. The standard InChI is InChI=1S/C30H32FN5O3/c1-17-14-20(30(38)39)15-23(31)27(17)19-6-11-35(12-7-19)18(2)26-16-22-25(5-10-33-28(22)34(26)3)36-13-8-24-21(29(36)37)4-9-32-24/h5,8,10,13-16,18-19,32H,4,6-7,9,11-12H2,1-3H3,(H,38,39)/t18-/m0/s1. The van der Waals surface area contributed by atoms with E-state index in [9.17, 15) is 19.1 Å². The Balaban J connectivity index is 1.26. The smallest absolute Gasteiger partial charge is 0.335 e. The van der Waals surface area contributed by atoms with E-state index in [4.69, 9.17) is 0 Å². The number of carboxylic acids is 1. The summed E-state index contributed by atoms with van der Waals surface area (Å²) in [5, 5.41) is 13.4. The third kappa shape index (κ3) is 4.21. The van der Waals surface area contributed by atoms with Crippen molar-refractivity contribution in [1.29, 1.82) is 0 Å². The molecular formula is C30H32FN5O3. The average Bonchev–Trinajstić information content (AvgIpc) is 3.54. The number of likely N-dealkylation sites (tertiary alicyclic amines) is 1. The molecule has 2 N–H and O–H groups in total. The molecule has 1 atom stereocenters. The summed E-state index contributed by atoms with van der Waals surface area (Å²) in [5.41, 5.74) is 5.82. The fourth-order valence-corrected chi connectivity index (χ4v) is 6.49. The lowest BCUT2D eigenvalue weighted by molar-refractivity contribution is 0.0696. The van der Waals surface area contributed by atoms with Crippen LogP contribution in [0, 0.1) is 12.7 Å². The van der Waals surface area contributed by atoms with E-state index in [1.165, 1.54) is 0 Å². The highest BCUT2D eigenvalue weighted by Crippen LogP contribution is 2.37. The number of aryl methyl sites for hydroxylation is 2. The van der Waals surface area contributed by atoms with Gasteiger partial charge >= 0.3 is 5.97 Å². The average molecular weight is 530 g/mol. The molecule has 0 aliphatic carbocycles. The molecule has 202 valence electrons. The van der Waals surface area contributed by atoms with Crippen LogP contribution in [0.25, 0.3) is 16.7 Å². The molecule has 9 heteroatoms. The Morgan fingerprint density at radius 3 is 2.69 bits per heavy atom. The zero-order valence-corrected chi connectivity index (χ0v) is 22.4. The first kappa shape index (κ1) is 25.3. The predicted octanol–water partition coefficient (Wildman–Crippen LogP) is 4.78. The van der Waals surface area contributed by atoms with E-state index in [-0.39, 0.29) is 23.1 Å². The lowest BCUT2D eigenvalue weighted by Gasteiger charge is -2.37. The first-order valence-electron chi connectivity index (χ1n) is 13.4. The van der Waals surface area contributed by atoms with Gasteiger partial charge in [-0.05, 0) is 93.6 Å². The highest BCUT2D eigenvalue weighted by Gasteiger charge is 2.29. The largest absolute Gasteiger partial charge is 0.478 e. The number of hydrogen-bond donors (Lipinski definition) is 2. The van der Waals surface area contributed by atoms with Gasteiger partial charge in [0.05, 0.1) is 11.3 Å². The maximum absolute atomic E-state index is 14.9. The molecule has 0 amide bonds. The number of halogens is 1. The van der Waals surface area contributed by atoms with E-state index in [1.54, 1.807) is 23.8 Å². The van der Waals surface area contributed by atoms with Gasteiger partial charge in [-0.3, -0.25) is 14.3 Å². The van der Waals surface area contributed by atoms with Crippen LogP contribution in [-0.4, -0.2) is 49.7 Å². The molecule has 0 unspecified atom stereocenters. The maximum Gasteiger partial charge on any atom is 0.335 e. The first-order chi connectivity index (χ1) is 18.7. The second-order valence-corrected chi connectivity index (χ2v) is 10.7. The number of pyridine rings is 2. The number of rotatable bonds is 5. The van der Waals surface area contributed by atoms with Crippen LogP contribution >= 0.6 is 0 Å². The molecule has 0 saturated carbocycles. The Bertz CT molecular complexity index is 1640. The molecule has 2 aliphatic heterocycles. The van der Waals surface area contributed by atoms with Gasteiger partial charge < -0.3 is 15.0 Å². The number of nitrogens with zero attached hydrogens (tertiary/aromatic N) is 4. The molecule has 3 aromatic heterocycles. The Labute approximate surface area is 225 Å². The highest BCUT2D eigenvalue weighted by molar-refractivity contribution is 5.88. The van der Waals surface area contributed by atoms with Crippen LogP contribution in [0.4, 0.5) is 10.1 Å². The number of aromatic carboxylic acids is 1. The van der Waals surface area contributed by atoms with Gasteiger partial charge in [-0.2, -0.15) is 0 Å². The number of nitrogens with one attached hydrogen (secondary N) is 1. The summed E-state index contributed by atoms with van der Waals surface area (Å²) in [7, 11) is 2.01. The molecule has 6 rings (SSSR count). The fourth-order valence-electron chi connectivity index (χ4n) is 6.49. The van der Waals surface area contributed by atoms with Crippen molar-refractivity contribution >= 4 is 22.7 Å². The predicted molar refractivity (Wildman–Crippen MR) is 149 cm³/mol. The summed E-state index contributed by atoms with van der Waals surface area (Å²) in [4.78, 5) is 31.6. The van der Waals surface area contributed by atoms with E-state index in [0.717, 1.165) is 78.6 Å². The molecule has 8 nitrogen and oxygen atoms in total. The molecule has 2 aliphatic rings. The van der Waals surface area contributed by atoms with Gasteiger partial charge in [0.2, 0.25) is 0 Å². The zero-order chi connectivity index (χ0) is 27.4. The van der Waals surface area contributed by atoms with E-state index >= 15 is 0 Å². The van der Waals surface area contributed by atoms with Gasteiger partial charge in [-0.1, -0.05) is 0 Å². The van der Waals surface area contributed by atoms with E-state index < -0.39 is 11.8 Å². The van der Waals surface area contributed by atoms with Crippen LogP contribution in [0.3, 0.4) is 0 Å². The molecule has 1 aromatic carbocycles. The van der Waals surface area contributed by atoms with Crippen molar-refractivity contribution in [1.82, 2.24) is 19.0 Å². The molecule has 0 radical (unpaired) electrons. The number of carbonyl (C=O) groups is 1. The number of benzene rings is 1. The van der Waals surface area contributed by atoms with E-state index in [2.05, 4.69) is 32.8 Å². The third-order valence-electron chi connectivity index (χ3n) is 8.58. The Kier molecular flexibility index (Phi) is 6.26. The second kappa shape index (κ2) is 9.64. The maximum atomic E-state index is 14.9. The number of piperidine rings is 1. The van der Waals surface area contributed by atoms with Gasteiger partial charge in [0.1, 0.15) is 11.5 Å². The van der Waals surface area contributed by atoms with Crippen LogP contribution < -0.4 is 10.9 Å². The first-order valence-corrected chi connectivity index (χ1v) is 13.4. The minimum Gasteiger partial charge on any atom is -0.478 e. The van der Waals surface area contributed by atoms with Crippen molar-refractivity contribution in [2.24, 2.45) is 7.05 Å². The summed E-state index contributed by atoms with van der Waals surface area (Å²) in [5.74, 6) is -1.49. The number of fused-ring (bicyclic) bond motifs is 2. The van der Waals surface area contributed by atoms with Crippen molar-refractivity contribution in [2.75, 3.05) is 25.0 Å². The van der Waals surface area contributed by atoms with Crippen LogP contribution in [0.1, 0.15) is 64.5 Å². The SMILES string of the molecule is Cc1cc(C(=O)O)cc(F)c1C1CCN([C@@H](C)c2cc3c(-n4ccc5c(c4=O)CCN5)ccnc3n2C)CC1. The fraction of sp³-hybridized carbons (Fsp3) is 0.367. The normalized spacial score (nSPS) is 16.8. The molecule has 1 saturated heterocycles.